The van der Waals surface area contributed by atoms with E-state index in [1.807, 2.05) is 4.90 Å². The average Bonchev–Trinajstić information content (AvgIpc) is 2.82. The van der Waals surface area contributed by atoms with Crippen molar-refractivity contribution < 1.29 is 19.0 Å². The molecule has 1 aliphatic carbocycles. The van der Waals surface area contributed by atoms with Gasteiger partial charge in [-0.15, -0.1) is 0 Å². The number of rotatable bonds is 15. The van der Waals surface area contributed by atoms with Gasteiger partial charge in [-0.1, -0.05) is 31.4 Å². The minimum atomic E-state index is -0.267. The van der Waals surface area contributed by atoms with Crippen LogP contribution in [0.3, 0.4) is 0 Å². The molecule has 1 saturated carbocycles. The van der Waals surface area contributed by atoms with Crippen molar-refractivity contribution in [3.05, 3.63) is 29.3 Å². The first-order valence-corrected chi connectivity index (χ1v) is 12.9. The lowest BCUT2D eigenvalue weighted by Crippen LogP contribution is -2.45. The maximum absolute atomic E-state index is 12.8. The van der Waals surface area contributed by atoms with Crippen LogP contribution in [-0.2, 0) is 9.47 Å². The fourth-order valence-electron chi connectivity index (χ4n) is 4.30. The first-order chi connectivity index (χ1) is 16.0. The minimum Gasteiger partial charge on any atom is -0.410 e. The molecule has 0 atom stereocenters. The standard InChI is InChI=1S/C26H43ClN2O4/c1-4-17-29(26(30)33-25-13-9-22(27)10-14-25)23-11-15-24(16-12-23)32-20-8-6-5-7-18-28(2)19-21-31-3/h9-10,13-14,23-24H,4-8,11-12,15-21H2,1-3H3. The molecular weight excluding hydrogens is 440 g/mol. The number of amides is 1. The second-order valence-corrected chi connectivity index (χ2v) is 9.46. The topological polar surface area (TPSA) is 51.2 Å². The first kappa shape index (κ1) is 27.9. The van der Waals surface area contributed by atoms with Gasteiger partial charge in [-0.2, -0.15) is 0 Å². The van der Waals surface area contributed by atoms with Crippen LogP contribution in [0.1, 0.15) is 64.7 Å². The summed E-state index contributed by atoms with van der Waals surface area (Å²) < 4.78 is 16.9. The maximum Gasteiger partial charge on any atom is 0.415 e. The summed E-state index contributed by atoms with van der Waals surface area (Å²) in [5.74, 6) is 0.532. The Balaban J connectivity index is 1.61. The molecule has 188 valence electrons. The molecule has 1 aliphatic rings. The summed E-state index contributed by atoms with van der Waals surface area (Å²) >= 11 is 5.92. The summed E-state index contributed by atoms with van der Waals surface area (Å²) in [4.78, 5) is 17.0. The lowest BCUT2D eigenvalue weighted by molar-refractivity contribution is 0.00764. The van der Waals surface area contributed by atoms with E-state index in [4.69, 9.17) is 25.8 Å². The Hall–Kier alpha value is -1.34. The van der Waals surface area contributed by atoms with Crippen LogP contribution in [0, 0.1) is 0 Å². The van der Waals surface area contributed by atoms with Gasteiger partial charge in [0.1, 0.15) is 5.75 Å². The van der Waals surface area contributed by atoms with E-state index in [9.17, 15) is 4.79 Å². The Bertz CT molecular complexity index is 650. The molecule has 0 heterocycles. The zero-order valence-corrected chi connectivity index (χ0v) is 21.5. The van der Waals surface area contributed by atoms with Gasteiger partial charge in [0.25, 0.3) is 0 Å². The van der Waals surface area contributed by atoms with Crippen molar-refractivity contribution in [2.45, 2.75) is 76.9 Å². The number of nitrogens with zero attached hydrogens (tertiary/aromatic N) is 2. The molecule has 6 nitrogen and oxygen atoms in total. The Labute approximate surface area is 205 Å². The molecule has 7 heteroatoms. The van der Waals surface area contributed by atoms with Crippen molar-refractivity contribution >= 4 is 17.7 Å². The van der Waals surface area contributed by atoms with Crippen LogP contribution >= 0.6 is 11.6 Å². The molecule has 0 aliphatic heterocycles. The molecule has 2 rings (SSSR count). The third kappa shape index (κ3) is 11.1. The number of benzene rings is 1. The Morgan fingerprint density at radius 3 is 2.33 bits per heavy atom. The summed E-state index contributed by atoms with van der Waals surface area (Å²) in [6.07, 6.45) is 9.71. The monoisotopic (exact) mass is 482 g/mol. The van der Waals surface area contributed by atoms with E-state index in [2.05, 4.69) is 18.9 Å². The predicted octanol–water partition coefficient (Wildman–Crippen LogP) is 6.02. The van der Waals surface area contributed by atoms with E-state index in [-0.39, 0.29) is 12.1 Å². The van der Waals surface area contributed by atoms with Crippen molar-refractivity contribution in [2.75, 3.05) is 47.0 Å². The Morgan fingerprint density at radius 1 is 0.970 bits per heavy atom. The van der Waals surface area contributed by atoms with Gasteiger partial charge in [-0.25, -0.2) is 4.79 Å². The second kappa shape index (κ2) is 16.3. The average molecular weight is 483 g/mol. The number of halogens is 1. The van der Waals surface area contributed by atoms with E-state index >= 15 is 0 Å². The smallest absolute Gasteiger partial charge is 0.410 e. The van der Waals surface area contributed by atoms with Crippen molar-refractivity contribution in [3.8, 4) is 5.75 Å². The minimum absolute atomic E-state index is 0.222. The van der Waals surface area contributed by atoms with Crippen LogP contribution < -0.4 is 4.74 Å². The van der Waals surface area contributed by atoms with Gasteiger partial charge in [-0.3, -0.25) is 0 Å². The fraction of sp³-hybridized carbons (Fsp3) is 0.731. The highest BCUT2D eigenvalue weighted by Gasteiger charge is 2.29. The molecule has 1 aromatic rings. The summed E-state index contributed by atoms with van der Waals surface area (Å²) in [5, 5.41) is 0.629. The molecule has 1 aromatic carbocycles. The van der Waals surface area contributed by atoms with Gasteiger partial charge in [-0.05, 0) is 82.8 Å². The van der Waals surface area contributed by atoms with Crippen molar-refractivity contribution in [3.63, 3.8) is 0 Å². The van der Waals surface area contributed by atoms with Crippen molar-refractivity contribution in [1.29, 1.82) is 0 Å². The number of hydrogen-bond acceptors (Lipinski definition) is 5. The van der Waals surface area contributed by atoms with E-state index in [1.54, 1.807) is 31.4 Å². The zero-order chi connectivity index (χ0) is 23.9. The zero-order valence-electron chi connectivity index (χ0n) is 20.8. The number of ether oxygens (including phenoxy) is 3. The van der Waals surface area contributed by atoms with E-state index in [0.29, 0.717) is 23.4 Å². The molecule has 33 heavy (non-hydrogen) atoms. The van der Waals surface area contributed by atoms with Crippen LogP contribution in [0.4, 0.5) is 4.79 Å². The summed E-state index contributed by atoms with van der Waals surface area (Å²) in [5.41, 5.74) is 0. The molecule has 1 fully saturated rings. The van der Waals surface area contributed by atoms with Gasteiger partial charge in [0.05, 0.1) is 12.7 Å². The molecule has 0 aromatic heterocycles. The van der Waals surface area contributed by atoms with Gasteiger partial charge >= 0.3 is 6.09 Å². The van der Waals surface area contributed by atoms with Gasteiger partial charge in [0, 0.05) is 37.9 Å². The summed E-state index contributed by atoms with van der Waals surface area (Å²) in [6.45, 7) is 6.57. The molecule has 0 unspecified atom stereocenters. The third-order valence-electron chi connectivity index (χ3n) is 6.27. The molecular formula is C26H43ClN2O4. The maximum atomic E-state index is 12.8. The van der Waals surface area contributed by atoms with E-state index in [0.717, 1.165) is 64.8 Å². The first-order valence-electron chi connectivity index (χ1n) is 12.6. The normalized spacial score (nSPS) is 18.5. The molecule has 1 amide bonds. The lowest BCUT2D eigenvalue weighted by atomic mass is 9.92. The van der Waals surface area contributed by atoms with Gasteiger partial charge < -0.3 is 24.0 Å². The molecule has 0 spiro atoms. The molecule has 0 radical (unpaired) electrons. The lowest BCUT2D eigenvalue weighted by Gasteiger charge is -2.36. The van der Waals surface area contributed by atoms with Crippen molar-refractivity contribution in [1.82, 2.24) is 9.80 Å². The molecule has 0 N–H and O–H groups in total. The van der Waals surface area contributed by atoms with Crippen LogP contribution in [0.5, 0.6) is 5.75 Å². The Kier molecular flexibility index (Phi) is 13.8. The SMILES string of the molecule is CCCN(C(=O)Oc1ccc(Cl)cc1)C1CCC(OCCCCCCN(C)CCOC)CC1. The van der Waals surface area contributed by atoms with Crippen LogP contribution in [0.25, 0.3) is 0 Å². The number of hydrogen-bond donors (Lipinski definition) is 0. The van der Waals surface area contributed by atoms with Crippen LogP contribution in [0.2, 0.25) is 5.02 Å². The number of carbonyl (C=O) groups excluding carboxylic acids is 1. The summed E-state index contributed by atoms with van der Waals surface area (Å²) in [7, 11) is 3.90. The summed E-state index contributed by atoms with van der Waals surface area (Å²) in [6, 6.07) is 7.15. The highest BCUT2D eigenvalue weighted by atomic mass is 35.5. The highest BCUT2D eigenvalue weighted by Crippen LogP contribution is 2.27. The number of carbonyl (C=O) groups is 1. The second-order valence-electron chi connectivity index (χ2n) is 9.03. The number of methoxy groups -OCH3 is 1. The fourth-order valence-corrected chi connectivity index (χ4v) is 4.42. The van der Waals surface area contributed by atoms with E-state index < -0.39 is 0 Å². The quantitative estimate of drug-likeness (QED) is 0.286. The van der Waals surface area contributed by atoms with Gasteiger partial charge in [0.15, 0.2) is 0 Å². The molecule has 0 saturated heterocycles. The predicted molar refractivity (Wildman–Crippen MR) is 134 cm³/mol. The van der Waals surface area contributed by atoms with E-state index in [1.165, 1.54) is 19.3 Å². The third-order valence-corrected chi connectivity index (χ3v) is 6.52. The van der Waals surface area contributed by atoms with Crippen LogP contribution in [0.15, 0.2) is 24.3 Å². The Morgan fingerprint density at radius 2 is 1.67 bits per heavy atom. The largest absolute Gasteiger partial charge is 0.415 e. The number of likely N-dealkylation sites (N-methyl/N-ethyl adjacent to an activating group) is 1. The highest BCUT2D eigenvalue weighted by molar-refractivity contribution is 6.30. The number of unbranched alkanes of at least 4 members (excludes halogenated alkanes) is 3. The van der Waals surface area contributed by atoms with Crippen molar-refractivity contribution in [2.24, 2.45) is 0 Å². The van der Waals surface area contributed by atoms with Crippen LogP contribution in [-0.4, -0.2) is 75.0 Å². The molecule has 0 bridgehead atoms. The van der Waals surface area contributed by atoms with Gasteiger partial charge in [0.2, 0.25) is 0 Å².